The Balaban J connectivity index is 1.07. The lowest BCUT2D eigenvalue weighted by molar-refractivity contribution is -0.117. The average molecular weight is 507 g/mol. The fourth-order valence-corrected chi connectivity index (χ4v) is 7.20. The molecule has 4 aliphatic rings. The molecule has 0 bridgehead atoms. The molecule has 38 heavy (non-hydrogen) atoms. The molecule has 1 spiro atoms. The third-order valence-corrected chi connectivity index (χ3v) is 9.25. The van der Waals surface area contributed by atoms with Gasteiger partial charge in [0, 0.05) is 25.7 Å². The van der Waals surface area contributed by atoms with E-state index in [1.165, 1.54) is 16.7 Å². The first kappa shape index (κ1) is 22.0. The predicted octanol–water partition coefficient (Wildman–Crippen LogP) is 3.63. The molecule has 0 radical (unpaired) electrons. The molecule has 192 valence electrons. The van der Waals surface area contributed by atoms with Gasteiger partial charge in [-0.3, -0.25) is 9.89 Å². The van der Waals surface area contributed by atoms with Crippen molar-refractivity contribution < 1.29 is 4.79 Å². The summed E-state index contributed by atoms with van der Waals surface area (Å²) >= 11 is 0. The van der Waals surface area contributed by atoms with Gasteiger partial charge in [0.25, 0.3) is 0 Å². The van der Waals surface area contributed by atoms with Gasteiger partial charge in [0.2, 0.25) is 5.91 Å². The number of nitrogens with one attached hydrogen (secondary N) is 1. The number of carbonyl (C=O) groups excluding carboxylic acids is 1. The van der Waals surface area contributed by atoms with Gasteiger partial charge in [-0.1, -0.05) is 36.4 Å². The zero-order valence-corrected chi connectivity index (χ0v) is 21.2. The van der Waals surface area contributed by atoms with Crippen LogP contribution in [0.15, 0.2) is 48.7 Å². The van der Waals surface area contributed by atoms with Crippen molar-refractivity contribution in [1.29, 1.82) is 0 Å². The summed E-state index contributed by atoms with van der Waals surface area (Å²) in [7, 11) is 0. The quantitative estimate of drug-likeness (QED) is 0.428. The monoisotopic (exact) mass is 506 g/mol. The van der Waals surface area contributed by atoms with Gasteiger partial charge in [0.05, 0.1) is 17.6 Å². The summed E-state index contributed by atoms with van der Waals surface area (Å²) in [6.07, 6.45) is 6.95. The number of hydrogen-bond donors (Lipinski definition) is 2. The number of aromatic amines is 1. The summed E-state index contributed by atoms with van der Waals surface area (Å²) in [4.78, 5) is 29.0. The van der Waals surface area contributed by atoms with E-state index in [4.69, 9.17) is 15.7 Å². The largest absolute Gasteiger partial charge is 0.355 e. The highest BCUT2D eigenvalue weighted by Gasteiger charge is 2.46. The Morgan fingerprint density at radius 3 is 2.71 bits per heavy atom. The number of amides is 1. The maximum Gasteiger partial charge on any atom is 0.247 e. The average Bonchev–Trinajstić information content (AvgIpc) is 3.49. The lowest BCUT2D eigenvalue weighted by Crippen LogP contribution is -2.46. The fraction of sp³-hybridized carbons (Fsp3) is 0.379. The third kappa shape index (κ3) is 3.08. The highest BCUT2D eigenvalue weighted by molar-refractivity contribution is 6.07. The zero-order valence-electron chi connectivity index (χ0n) is 21.2. The Kier molecular flexibility index (Phi) is 4.65. The Labute approximate surface area is 220 Å². The van der Waals surface area contributed by atoms with Crippen molar-refractivity contribution in [1.82, 2.24) is 20.2 Å². The van der Waals surface area contributed by atoms with Crippen molar-refractivity contribution in [3.8, 4) is 0 Å². The summed E-state index contributed by atoms with van der Waals surface area (Å²) in [5, 5.41) is 7.69. The number of rotatable bonds is 2. The van der Waals surface area contributed by atoms with E-state index < -0.39 is 0 Å². The van der Waals surface area contributed by atoms with E-state index in [0.717, 1.165) is 68.9 Å². The first-order chi connectivity index (χ1) is 18.6. The number of aryl methyl sites for hydroxylation is 1. The Morgan fingerprint density at radius 1 is 1.00 bits per heavy atom. The van der Waals surface area contributed by atoms with Crippen LogP contribution in [0.3, 0.4) is 0 Å². The number of para-hydroxylation sites is 1. The maximum atomic E-state index is 13.1. The molecule has 9 heteroatoms. The number of piperidine rings is 1. The number of nitrogens with two attached hydrogens (primary N) is 1. The lowest BCUT2D eigenvalue weighted by Gasteiger charge is -2.42. The van der Waals surface area contributed by atoms with Crippen molar-refractivity contribution >= 4 is 40.1 Å². The van der Waals surface area contributed by atoms with Crippen molar-refractivity contribution in [2.45, 2.75) is 38.1 Å². The Hall–Kier alpha value is -3.98. The van der Waals surface area contributed by atoms with Crippen LogP contribution >= 0.6 is 0 Å². The van der Waals surface area contributed by atoms with Crippen LogP contribution in [-0.4, -0.2) is 52.3 Å². The molecule has 2 aromatic carbocycles. The van der Waals surface area contributed by atoms with E-state index in [-0.39, 0.29) is 23.9 Å². The van der Waals surface area contributed by atoms with Crippen LogP contribution in [0.4, 0.5) is 23.0 Å². The molecule has 3 N–H and O–H groups in total. The normalized spacial score (nSPS) is 21.8. The van der Waals surface area contributed by atoms with Crippen molar-refractivity contribution in [2.24, 2.45) is 11.1 Å². The highest BCUT2D eigenvalue weighted by atomic mass is 16.2. The van der Waals surface area contributed by atoms with Crippen LogP contribution in [0.2, 0.25) is 0 Å². The van der Waals surface area contributed by atoms with Crippen LogP contribution in [0, 0.1) is 5.41 Å². The maximum absolute atomic E-state index is 13.1. The second-order valence-corrected chi connectivity index (χ2v) is 11.2. The highest BCUT2D eigenvalue weighted by Crippen LogP contribution is 2.51. The Bertz CT molecular complexity index is 1590. The smallest absolute Gasteiger partial charge is 0.247 e. The molecule has 5 heterocycles. The zero-order chi connectivity index (χ0) is 25.4. The van der Waals surface area contributed by atoms with E-state index >= 15 is 0 Å². The molecular weight excluding hydrogens is 476 g/mol. The molecule has 1 atom stereocenters. The van der Waals surface area contributed by atoms with E-state index in [0.29, 0.717) is 17.0 Å². The van der Waals surface area contributed by atoms with Crippen LogP contribution in [0.1, 0.15) is 42.0 Å². The predicted molar refractivity (Wildman–Crippen MR) is 147 cm³/mol. The number of H-pyrrole nitrogens is 1. The van der Waals surface area contributed by atoms with Crippen molar-refractivity contribution in [2.75, 3.05) is 40.9 Å². The van der Waals surface area contributed by atoms with Crippen molar-refractivity contribution in [3.05, 3.63) is 65.4 Å². The summed E-state index contributed by atoms with van der Waals surface area (Å²) in [5.41, 5.74) is 14.2. The lowest BCUT2D eigenvalue weighted by atomic mass is 9.73. The molecule has 1 amide bonds. The molecule has 0 unspecified atom stereocenters. The first-order valence-electron chi connectivity index (χ1n) is 13.6. The molecule has 2 aromatic heterocycles. The molecule has 3 aliphatic heterocycles. The number of carbonyl (C=O) groups is 1. The van der Waals surface area contributed by atoms with Gasteiger partial charge in [-0.2, -0.15) is 5.10 Å². The molecule has 1 fully saturated rings. The summed E-state index contributed by atoms with van der Waals surface area (Å²) in [5.74, 6) is 1.60. The minimum Gasteiger partial charge on any atom is -0.355 e. The van der Waals surface area contributed by atoms with E-state index in [9.17, 15) is 4.79 Å². The van der Waals surface area contributed by atoms with Gasteiger partial charge >= 0.3 is 0 Å². The third-order valence-electron chi connectivity index (χ3n) is 9.25. The van der Waals surface area contributed by atoms with E-state index in [1.807, 2.05) is 16.0 Å². The van der Waals surface area contributed by atoms with Crippen LogP contribution in [-0.2, 0) is 17.6 Å². The number of aromatic nitrogens is 4. The summed E-state index contributed by atoms with van der Waals surface area (Å²) < 4.78 is 0. The molecule has 1 aliphatic carbocycles. The molecule has 1 saturated heterocycles. The summed E-state index contributed by atoms with van der Waals surface area (Å²) in [6.45, 7) is 2.82. The summed E-state index contributed by atoms with van der Waals surface area (Å²) in [6, 6.07) is 15.0. The minimum atomic E-state index is 0.0940. The number of fused-ring (bicyclic) bond motifs is 2. The van der Waals surface area contributed by atoms with Gasteiger partial charge in [-0.25, -0.2) is 9.97 Å². The molecular formula is C29H30N8O. The van der Waals surface area contributed by atoms with Gasteiger partial charge in [0.15, 0.2) is 17.0 Å². The minimum absolute atomic E-state index is 0.0940. The van der Waals surface area contributed by atoms with Gasteiger partial charge in [-0.15, -0.1) is 0 Å². The molecule has 4 aromatic rings. The number of benzene rings is 2. The second-order valence-electron chi connectivity index (χ2n) is 11.2. The van der Waals surface area contributed by atoms with Gasteiger partial charge in [0.1, 0.15) is 12.4 Å². The van der Waals surface area contributed by atoms with Gasteiger partial charge < -0.3 is 20.4 Å². The van der Waals surface area contributed by atoms with Crippen LogP contribution < -0.4 is 20.4 Å². The number of anilines is 4. The number of hydrogen-bond acceptors (Lipinski definition) is 7. The van der Waals surface area contributed by atoms with Crippen LogP contribution in [0.25, 0.3) is 11.2 Å². The Morgan fingerprint density at radius 2 is 1.84 bits per heavy atom. The first-order valence-corrected chi connectivity index (χ1v) is 13.6. The SMILES string of the molecule is N[C@@H]1c2ccccc2CC12CCN(c1cnc3c(N4CC(=O)N5CCCc6cccc4c65)n[nH]c3n1)CC2. The van der Waals surface area contributed by atoms with E-state index in [1.54, 1.807) is 0 Å². The molecule has 0 saturated carbocycles. The standard InChI is InChI=1S/C29H30N8O/c30-26-20-8-2-1-5-19(20)15-29(26)10-13-35(14-11-29)22-16-31-24-27(32-22)33-34-28(24)37-17-23(38)36-12-4-7-18-6-3-9-21(37)25(18)36/h1-3,5-6,8-9,16,26H,4,7,10-15,17,30H2,(H,32,33,34)/t26-/m1/s1. The fourth-order valence-electron chi connectivity index (χ4n) is 7.20. The van der Waals surface area contributed by atoms with E-state index in [2.05, 4.69) is 57.6 Å². The number of nitrogens with zero attached hydrogens (tertiary/aromatic N) is 6. The van der Waals surface area contributed by atoms with Crippen molar-refractivity contribution in [3.63, 3.8) is 0 Å². The second kappa shape index (κ2) is 8.01. The molecule has 9 nitrogen and oxygen atoms in total. The van der Waals surface area contributed by atoms with Crippen LogP contribution in [0.5, 0.6) is 0 Å². The topological polar surface area (TPSA) is 107 Å². The molecule has 8 rings (SSSR count). The van der Waals surface area contributed by atoms with Gasteiger partial charge in [-0.05, 0) is 60.3 Å².